The van der Waals surface area contributed by atoms with Crippen LogP contribution in [-0.2, 0) is 4.74 Å². The van der Waals surface area contributed by atoms with Gasteiger partial charge in [-0.05, 0) is 31.6 Å². The molecule has 92 valence electrons. The molecule has 0 aliphatic carbocycles. The first-order valence-electron chi connectivity index (χ1n) is 6.21. The molecule has 4 heteroatoms. The lowest BCUT2D eigenvalue weighted by atomic mass is 10.0. The minimum Gasteiger partial charge on any atom is -0.449 e. The van der Waals surface area contributed by atoms with E-state index in [2.05, 4.69) is 0 Å². The summed E-state index contributed by atoms with van der Waals surface area (Å²) in [6.07, 6.45) is 3.04. The van der Waals surface area contributed by atoms with Crippen LogP contribution in [0.1, 0.15) is 39.5 Å². The fourth-order valence-electron chi connectivity index (χ4n) is 2.76. The number of fused-ring (bicyclic) bond motifs is 2. The van der Waals surface area contributed by atoms with E-state index in [0.29, 0.717) is 25.4 Å². The summed E-state index contributed by atoms with van der Waals surface area (Å²) < 4.78 is 5.26. The van der Waals surface area contributed by atoms with E-state index in [-0.39, 0.29) is 24.3 Å². The first-order valence-corrected chi connectivity index (χ1v) is 6.21. The van der Waals surface area contributed by atoms with Crippen molar-refractivity contribution in [3.63, 3.8) is 0 Å². The number of carbonyl (C=O) groups excluding carboxylic acids is 1. The molecule has 0 aromatic carbocycles. The molecule has 0 aromatic rings. The quantitative estimate of drug-likeness (QED) is 0.782. The second-order valence-electron chi connectivity index (χ2n) is 5.39. The lowest BCUT2D eigenvalue weighted by Crippen LogP contribution is -2.48. The van der Waals surface area contributed by atoms with Gasteiger partial charge in [-0.15, -0.1) is 0 Å². The Bertz CT molecular complexity index is 253. The first kappa shape index (κ1) is 11.7. The Kier molecular flexibility index (Phi) is 3.38. The Morgan fingerprint density at radius 2 is 1.94 bits per heavy atom. The number of hydrogen-bond acceptors (Lipinski definition) is 3. The van der Waals surface area contributed by atoms with Crippen LogP contribution in [-0.4, -0.2) is 40.9 Å². The fraction of sp³-hybridized carbons (Fsp3) is 0.917. The molecule has 1 N–H and O–H groups in total. The van der Waals surface area contributed by atoms with Crippen LogP contribution in [0.4, 0.5) is 4.79 Å². The second-order valence-corrected chi connectivity index (χ2v) is 5.39. The minimum atomic E-state index is -0.230. The molecular formula is C12H21NO3. The van der Waals surface area contributed by atoms with E-state index in [1.807, 2.05) is 18.7 Å². The molecule has 2 rings (SSSR count). The zero-order valence-electron chi connectivity index (χ0n) is 10.1. The summed E-state index contributed by atoms with van der Waals surface area (Å²) in [4.78, 5) is 13.7. The second kappa shape index (κ2) is 4.62. The number of rotatable bonds is 2. The van der Waals surface area contributed by atoms with Crippen LogP contribution in [0.25, 0.3) is 0 Å². The van der Waals surface area contributed by atoms with Crippen LogP contribution in [0, 0.1) is 5.92 Å². The van der Waals surface area contributed by atoms with Gasteiger partial charge in [0.2, 0.25) is 0 Å². The van der Waals surface area contributed by atoms with Crippen LogP contribution in [0.3, 0.4) is 0 Å². The van der Waals surface area contributed by atoms with Crippen molar-refractivity contribution < 1.29 is 14.6 Å². The average Bonchev–Trinajstić information content (AvgIpc) is 2.48. The molecule has 2 heterocycles. The third kappa shape index (κ3) is 2.32. The highest BCUT2D eigenvalue weighted by atomic mass is 16.6. The highest BCUT2D eigenvalue weighted by Gasteiger charge is 2.43. The van der Waals surface area contributed by atoms with Gasteiger partial charge in [-0.25, -0.2) is 4.79 Å². The number of hydrogen-bond donors (Lipinski definition) is 1. The molecule has 16 heavy (non-hydrogen) atoms. The van der Waals surface area contributed by atoms with Crippen molar-refractivity contribution in [1.29, 1.82) is 0 Å². The smallest absolute Gasteiger partial charge is 0.410 e. The zero-order valence-corrected chi connectivity index (χ0v) is 10.1. The normalized spacial score (nSPS) is 33.2. The van der Waals surface area contributed by atoms with Gasteiger partial charge in [0.15, 0.2) is 0 Å². The van der Waals surface area contributed by atoms with Gasteiger partial charge in [0.1, 0.15) is 0 Å². The van der Waals surface area contributed by atoms with Crippen molar-refractivity contribution >= 4 is 6.09 Å². The number of piperidine rings is 1. The van der Waals surface area contributed by atoms with Crippen LogP contribution >= 0.6 is 0 Å². The van der Waals surface area contributed by atoms with Gasteiger partial charge in [0, 0.05) is 12.1 Å². The maximum Gasteiger partial charge on any atom is 0.410 e. The predicted molar refractivity (Wildman–Crippen MR) is 60.1 cm³/mol. The Balaban J connectivity index is 1.92. The molecule has 0 aromatic heterocycles. The molecule has 1 amide bonds. The third-order valence-electron chi connectivity index (χ3n) is 3.46. The molecule has 2 aliphatic heterocycles. The maximum absolute atomic E-state index is 11.9. The first-order chi connectivity index (χ1) is 7.58. The molecule has 2 fully saturated rings. The van der Waals surface area contributed by atoms with Crippen molar-refractivity contribution in [2.24, 2.45) is 5.92 Å². The van der Waals surface area contributed by atoms with E-state index in [9.17, 15) is 9.90 Å². The summed E-state index contributed by atoms with van der Waals surface area (Å²) in [6.45, 7) is 4.54. The van der Waals surface area contributed by atoms with E-state index >= 15 is 0 Å². The number of aliphatic hydroxyl groups is 1. The van der Waals surface area contributed by atoms with Crippen molar-refractivity contribution in [1.82, 2.24) is 4.90 Å². The summed E-state index contributed by atoms with van der Waals surface area (Å²) in [7, 11) is 0. The Morgan fingerprint density at radius 1 is 1.38 bits per heavy atom. The molecule has 0 saturated carbocycles. The van der Waals surface area contributed by atoms with Crippen molar-refractivity contribution in [2.45, 2.75) is 57.7 Å². The van der Waals surface area contributed by atoms with Gasteiger partial charge in [-0.3, -0.25) is 0 Å². The van der Waals surface area contributed by atoms with Gasteiger partial charge in [-0.1, -0.05) is 13.8 Å². The molecule has 0 spiro atoms. The van der Waals surface area contributed by atoms with Crippen molar-refractivity contribution in [3.05, 3.63) is 0 Å². The minimum absolute atomic E-state index is 0.187. The summed E-state index contributed by atoms with van der Waals surface area (Å²) in [5.74, 6) is 0.372. The maximum atomic E-state index is 11.9. The Labute approximate surface area is 96.6 Å². The number of amides is 1. The van der Waals surface area contributed by atoms with E-state index in [1.54, 1.807) is 0 Å². The molecular weight excluding hydrogens is 206 g/mol. The fourth-order valence-corrected chi connectivity index (χ4v) is 2.76. The van der Waals surface area contributed by atoms with Gasteiger partial charge in [0.05, 0.1) is 12.7 Å². The topological polar surface area (TPSA) is 49.8 Å². The van der Waals surface area contributed by atoms with Gasteiger partial charge in [0.25, 0.3) is 0 Å². The van der Waals surface area contributed by atoms with Gasteiger partial charge < -0.3 is 14.7 Å². The number of aliphatic hydroxyl groups excluding tert-OH is 1. The van der Waals surface area contributed by atoms with Crippen LogP contribution < -0.4 is 0 Å². The molecule has 2 bridgehead atoms. The lowest BCUT2D eigenvalue weighted by Gasteiger charge is -2.36. The average molecular weight is 227 g/mol. The predicted octanol–water partition coefficient (Wildman–Crippen LogP) is 1.77. The van der Waals surface area contributed by atoms with E-state index in [1.165, 1.54) is 0 Å². The van der Waals surface area contributed by atoms with Crippen LogP contribution in [0.5, 0.6) is 0 Å². The SMILES string of the molecule is CC(C)COC(=O)N1C2CCC1CC(O)C2. The molecule has 4 nitrogen and oxygen atoms in total. The summed E-state index contributed by atoms with van der Waals surface area (Å²) in [5.41, 5.74) is 0. The molecule has 2 aliphatic rings. The lowest BCUT2D eigenvalue weighted by molar-refractivity contribution is 0.0213. The number of carbonyl (C=O) groups is 1. The van der Waals surface area contributed by atoms with Crippen LogP contribution in [0.15, 0.2) is 0 Å². The molecule has 2 saturated heterocycles. The van der Waals surface area contributed by atoms with E-state index in [0.717, 1.165) is 12.8 Å². The zero-order chi connectivity index (χ0) is 11.7. The molecule has 2 atom stereocenters. The van der Waals surface area contributed by atoms with Gasteiger partial charge >= 0.3 is 6.09 Å². The summed E-state index contributed by atoms with van der Waals surface area (Å²) >= 11 is 0. The summed E-state index contributed by atoms with van der Waals surface area (Å²) in [5, 5.41) is 9.63. The van der Waals surface area contributed by atoms with E-state index < -0.39 is 0 Å². The number of nitrogens with zero attached hydrogens (tertiary/aromatic N) is 1. The molecule has 2 unspecified atom stereocenters. The molecule has 0 radical (unpaired) electrons. The number of ether oxygens (including phenoxy) is 1. The van der Waals surface area contributed by atoms with Crippen molar-refractivity contribution in [3.8, 4) is 0 Å². The highest BCUT2D eigenvalue weighted by Crippen LogP contribution is 2.36. The largest absolute Gasteiger partial charge is 0.449 e. The van der Waals surface area contributed by atoms with E-state index in [4.69, 9.17) is 4.74 Å². The van der Waals surface area contributed by atoms with Crippen LogP contribution in [0.2, 0.25) is 0 Å². The third-order valence-corrected chi connectivity index (χ3v) is 3.46. The van der Waals surface area contributed by atoms with Crippen molar-refractivity contribution in [2.75, 3.05) is 6.61 Å². The monoisotopic (exact) mass is 227 g/mol. The highest BCUT2D eigenvalue weighted by molar-refractivity contribution is 5.69. The Hall–Kier alpha value is -0.770. The Morgan fingerprint density at radius 3 is 2.44 bits per heavy atom. The summed E-state index contributed by atoms with van der Waals surface area (Å²) in [6, 6.07) is 0.404. The standard InChI is InChI=1S/C12H21NO3/c1-8(2)7-16-12(15)13-9-3-4-10(13)6-11(14)5-9/h8-11,14H,3-7H2,1-2H3. The van der Waals surface area contributed by atoms with Gasteiger partial charge in [-0.2, -0.15) is 0 Å².